The van der Waals surface area contributed by atoms with Crippen molar-refractivity contribution in [1.82, 2.24) is 10.3 Å². The predicted octanol–water partition coefficient (Wildman–Crippen LogP) is 2.57. The number of anilines is 1. The minimum atomic E-state index is 0.630. The highest BCUT2D eigenvalue weighted by atomic mass is 15.2. The van der Waals surface area contributed by atoms with Gasteiger partial charge in [0.2, 0.25) is 0 Å². The van der Waals surface area contributed by atoms with E-state index in [0.29, 0.717) is 6.04 Å². The lowest BCUT2D eigenvalue weighted by Gasteiger charge is -2.34. The second kappa shape index (κ2) is 6.01. The van der Waals surface area contributed by atoms with Crippen LogP contribution in [0.1, 0.15) is 38.7 Å². The normalized spacial score (nSPS) is 20.6. The third kappa shape index (κ3) is 3.19. The minimum absolute atomic E-state index is 0.630. The van der Waals surface area contributed by atoms with E-state index in [2.05, 4.69) is 41.2 Å². The summed E-state index contributed by atoms with van der Waals surface area (Å²) in [4.78, 5) is 6.96. The SMILES string of the molecule is CCNCc1ccnc(N2CCCCC2C)c1. The minimum Gasteiger partial charge on any atom is -0.354 e. The van der Waals surface area contributed by atoms with Gasteiger partial charge in [-0.3, -0.25) is 0 Å². The van der Waals surface area contributed by atoms with E-state index in [0.717, 1.165) is 25.5 Å². The van der Waals surface area contributed by atoms with Gasteiger partial charge in [0.25, 0.3) is 0 Å². The fourth-order valence-corrected chi connectivity index (χ4v) is 2.44. The first-order valence-electron chi connectivity index (χ1n) is 6.73. The molecule has 1 aromatic heterocycles. The molecule has 1 fully saturated rings. The first-order chi connectivity index (χ1) is 8.31. The number of aromatic nitrogens is 1. The Morgan fingerprint density at radius 1 is 1.47 bits per heavy atom. The standard InChI is InChI=1S/C14H23N3/c1-3-15-11-13-7-8-16-14(10-13)17-9-5-4-6-12(17)2/h7-8,10,12,15H,3-6,9,11H2,1-2H3. The molecule has 1 saturated heterocycles. The third-order valence-electron chi connectivity index (χ3n) is 3.49. The van der Waals surface area contributed by atoms with E-state index >= 15 is 0 Å². The molecule has 1 aromatic rings. The Morgan fingerprint density at radius 3 is 3.12 bits per heavy atom. The molecule has 0 aliphatic carbocycles. The van der Waals surface area contributed by atoms with Crippen LogP contribution in [-0.4, -0.2) is 24.1 Å². The summed E-state index contributed by atoms with van der Waals surface area (Å²) in [6, 6.07) is 4.95. The summed E-state index contributed by atoms with van der Waals surface area (Å²) in [7, 11) is 0. The van der Waals surface area contributed by atoms with Crippen LogP contribution in [-0.2, 0) is 6.54 Å². The summed E-state index contributed by atoms with van der Waals surface area (Å²) in [5.41, 5.74) is 1.33. The molecule has 0 radical (unpaired) electrons. The maximum atomic E-state index is 4.52. The number of rotatable bonds is 4. The molecular weight excluding hydrogens is 210 g/mol. The fraction of sp³-hybridized carbons (Fsp3) is 0.643. The number of piperidine rings is 1. The zero-order valence-electron chi connectivity index (χ0n) is 10.9. The van der Waals surface area contributed by atoms with Crippen molar-refractivity contribution in [3.63, 3.8) is 0 Å². The average Bonchev–Trinajstić information content (AvgIpc) is 2.37. The largest absolute Gasteiger partial charge is 0.354 e. The van der Waals surface area contributed by atoms with Gasteiger partial charge >= 0.3 is 0 Å². The zero-order valence-corrected chi connectivity index (χ0v) is 10.9. The lowest BCUT2D eigenvalue weighted by atomic mass is 10.0. The second-order valence-corrected chi connectivity index (χ2v) is 4.84. The molecule has 0 saturated carbocycles. The van der Waals surface area contributed by atoms with Crippen LogP contribution in [0.2, 0.25) is 0 Å². The molecule has 94 valence electrons. The van der Waals surface area contributed by atoms with Gasteiger partial charge in [0.15, 0.2) is 0 Å². The summed E-state index contributed by atoms with van der Waals surface area (Å²) in [5, 5.41) is 3.36. The average molecular weight is 233 g/mol. The smallest absolute Gasteiger partial charge is 0.129 e. The Balaban J connectivity index is 2.08. The number of hydrogen-bond donors (Lipinski definition) is 1. The highest BCUT2D eigenvalue weighted by molar-refractivity contribution is 5.42. The van der Waals surface area contributed by atoms with Crippen molar-refractivity contribution in [2.75, 3.05) is 18.0 Å². The van der Waals surface area contributed by atoms with Crippen molar-refractivity contribution in [2.24, 2.45) is 0 Å². The molecule has 3 heteroatoms. The highest BCUT2D eigenvalue weighted by Gasteiger charge is 2.19. The molecule has 0 spiro atoms. The van der Waals surface area contributed by atoms with E-state index in [1.807, 2.05) is 6.20 Å². The summed E-state index contributed by atoms with van der Waals surface area (Å²) in [6.45, 7) is 7.54. The van der Waals surface area contributed by atoms with Gasteiger partial charge in [-0.05, 0) is 50.4 Å². The lowest BCUT2D eigenvalue weighted by Crippen LogP contribution is -2.38. The van der Waals surface area contributed by atoms with Crippen LogP contribution < -0.4 is 10.2 Å². The van der Waals surface area contributed by atoms with Crippen molar-refractivity contribution in [3.8, 4) is 0 Å². The topological polar surface area (TPSA) is 28.2 Å². The molecule has 1 aliphatic rings. The first-order valence-corrected chi connectivity index (χ1v) is 6.73. The molecule has 0 amide bonds. The molecular formula is C14H23N3. The van der Waals surface area contributed by atoms with Gasteiger partial charge in [-0.1, -0.05) is 6.92 Å². The Labute approximate surface area is 104 Å². The maximum absolute atomic E-state index is 4.52. The maximum Gasteiger partial charge on any atom is 0.129 e. The molecule has 2 heterocycles. The molecule has 0 aromatic carbocycles. The van der Waals surface area contributed by atoms with Gasteiger partial charge in [0, 0.05) is 25.3 Å². The Morgan fingerprint density at radius 2 is 2.35 bits per heavy atom. The highest BCUT2D eigenvalue weighted by Crippen LogP contribution is 2.23. The molecule has 3 nitrogen and oxygen atoms in total. The van der Waals surface area contributed by atoms with Crippen LogP contribution in [0.25, 0.3) is 0 Å². The number of pyridine rings is 1. The van der Waals surface area contributed by atoms with Crippen LogP contribution in [0.3, 0.4) is 0 Å². The summed E-state index contributed by atoms with van der Waals surface area (Å²) in [6.07, 6.45) is 5.88. The van der Waals surface area contributed by atoms with Crippen LogP contribution >= 0.6 is 0 Å². The van der Waals surface area contributed by atoms with E-state index in [1.54, 1.807) is 0 Å². The van der Waals surface area contributed by atoms with Crippen LogP contribution in [0, 0.1) is 0 Å². The van der Waals surface area contributed by atoms with E-state index in [4.69, 9.17) is 0 Å². The van der Waals surface area contributed by atoms with Gasteiger partial charge in [-0.25, -0.2) is 4.98 Å². The monoisotopic (exact) mass is 233 g/mol. The third-order valence-corrected chi connectivity index (χ3v) is 3.49. The fourth-order valence-electron chi connectivity index (χ4n) is 2.44. The molecule has 0 bridgehead atoms. The molecule has 17 heavy (non-hydrogen) atoms. The molecule has 1 unspecified atom stereocenters. The molecule has 1 atom stereocenters. The van der Waals surface area contributed by atoms with E-state index in [9.17, 15) is 0 Å². The van der Waals surface area contributed by atoms with Crippen molar-refractivity contribution < 1.29 is 0 Å². The van der Waals surface area contributed by atoms with Gasteiger partial charge in [0.05, 0.1) is 0 Å². The molecule has 1 N–H and O–H groups in total. The van der Waals surface area contributed by atoms with Crippen molar-refractivity contribution >= 4 is 5.82 Å². The quantitative estimate of drug-likeness (QED) is 0.866. The molecule has 2 rings (SSSR count). The number of nitrogens with one attached hydrogen (secondary N) is 1. The van der Waals surface area contributed by atoms with Crippen molar-refractivity contribution in [2.45, 2.75) is 45.7 Å². The van der Waals surface area contributed by atoms with Crippen LogP contribution in [0.5, 0.6) is 0 Å². The Kier molecular flexibility index (Phi) is 4.37. The van der Waals surface area contributed by atoms with Crippen molar-refractivity contribution in [3.05, 3.63) is 23.9 Å². The summed E-state index contributed by atoms with van der Waals surface area (Å²) < 4.78 is 0. The Hall–Kier alpha value is -1.09. The van der Waals surface area contributed by atoms with E-state index in [-0.39, 0.29) is 0 Å². The van der Waals surface area contributed by atoms with Crippen LogP contribution in [0.4, 0.5) is 5.82 Å². The number of nitrogens with zero attached hydrogens (tertiary/aromatic N) is 2. The lowest BCUT2D eigenvalue weighted by molar-refractivity contribution is 0.481. The Bertz CT molecular complexity index is 351. The summed E-state index contributed by atoms with van der Waals surface area (Å²) in [5.74, 6) is 1.15. The van der Waals surface area contributed by atoms with Gasteiger partial charge in [-0.2, -0.15) is 0 Å². The zero-order chi connectivity index (χ0) is 12.1. The predicted molar refractivity (Wildman–Crippen MR) is 72.3 cm³/mol. The second-order valence-electron chi connectivity index (χ2n) is 4.84. The first kappa shape index (κ1) is 12.4. The van der Waals surface area contributed by atoms with E-state index in [1.165, 1.54) is 24.8 Å². The van der Waals surface area contributed by atoms with Gasteiger partial charge < -0.3 is 10.2 Å². The van der Waals surface area contributed by atoms with E-state index < -0.39 is 0 Å². The molecule has 1 aliphatic heterocycles. The van der Waals surface area contributed by atoms with Crippen LogP contribution in [0.15, 0.2) is 18.3 Å². The number of hydrogen-bond acceptors (Lipinski definition) is 3. The van der Waals surface area contributed by atoms with Gasteiger partial charge in [-0.15, -0.1) is 0 Å². The van der Waals surface area contributed by atoms with Crippen molar-refractivity contribution in [1.29, 1.82) is 0 Å². The summed E-state index contributed by atoms with van der Waals surface area (Å²) >= 11 is 0. The van der Waals surface area contributed by atoms with Gasteiger partial charge in [0.1, 0.15) is 5.82 Å².